The predicted molar refractivity (Wildman–Crippen MR) is 267 cm³/mol. The van der Waals surface area contributed by atoms with Gasteiger partial charge in [-0.15, -0.1) is 0 Å². The first-order chi connectivity index (χ1) is 31.6. The van der Waals surface area contributed by atoms with Gasteiger partial charge in [0.05, 0.1) is 22.5 Å². The van der Waals surface area contributed by atoms with Crippen LogP contribution in [0.25, 0.3) is 44.2 Å². The maximum Gasteiger partial charge on any atom is 0.0727 e. The number of hydrogen-bond acceptors (Lipinski definition) is 2. The molecule has 10 aromatic rings. The lowest BCUT2D eigenvalue weighted by Gasteiger charge is -2.34. The summed E-state index contributed by atoms with van der Waals surface area (Å²) in [5, 5.41) is 2.48. The molecule has 0 saturated carbocycles. The fraction of sp³-hybridized carbons (Fsp3) is 0.0645. The molecule has 0 N–H and O–H groups in total. The number of para-hydroxylation sites is 3. The van der Waals surface area contributed by atoms with Crippen LogP contribution in [0.1, 0.15) is 47.2 Å². The minimum absolute atomic E-state index is 0.141. The maximum atomic E-state index is 2.57. The number of rotatable bonds is 6. The first kappa shape index (κ1) is 36.7. The van der Waals surface area contributed by atoms with Gasteiger partial charge in [0, 0.05) is 39.0 Å². The van der Waals surface area contributed by atoms with Gasteiger partial charge in [-0.2, -0.15) is 0 Å². The third kappa shape index (κ3) is 4.91. The zero-order valence-corrected chi connectivity index (χ0v) is 35.8. The summed E-state index contributed by atoms with van der Waals surface area (Å²) in [7, 11) is 0. The summed E-state index contributed by atoms with van der Waals surface area (Å²) in [4.78, 5) is 5.00. The average Bonchev–Trinajstić information content (AvgIpc) is 3.92. The summed E-state index contributed by atoms with van der Waals surface area (Å²) in [6.07, 6.45) is 0. The molecular formula is C62H44N2. The number of hydrogen-bond donors (Lipinski definition) is 0. The van der Waals surface area contributed by atoms with Crippen molar-refractivity contribution in [1.82, 2.24) is 0 Å². The van der Waals surface area contributed by atoms with Crippen LogP contribution >= 0.6 is 0 Å². The van der Waals surface area contributed by atoms with Crippen molar-refractivity contribution in [3.8, 4) is 33.4 Å². The second-order valence-corrected chi connectivity index (χ2v) is 18.0. The lowest BCUT2D eigenvalue weighted by atomic mass is 9.70. The molecule has 1 unspecified atom stereocenters. The molecule has 2 nitrogen and oxygen atoms in total. The van der Waals surface area contributed by atoms with Gasteiger partial charge >= 0.3 is 0 Å². The van der Waals surface area contributed by atoms with E-state index in [1.807, 2.05) is 0 Å². The standard InChI is InChI=1S/C62H44N2/c1-61(2)49-33-17-14-30-46(49)59-52(61)36-20-39-56(59)64(43-26-10-5-11-27-43)57-40-54-58(45-29-13-12-28-44(45)57)47-31-15-18-34-50(47)62(54)51-35-19-16-32-48(51)60-53(62)37-21-38-55(60)63(41-22-6-3-7-23-41)42-24-8-4-9-25-42/h3-40H,1-2H3. The van der Waals surface area contributed by atoms with Gasteiger partial charge in [0.15, 0.2) is 0 Å². The minimum Gasteiger partial charge on any atom is -0.310 e. The van der Waals surface area contributed by atoms with Crippen molar-refractivity contribution in [1.29, 1.82) is 0 Å². The highest BCUT2D eigenvalue weighted by Gasteiger charge is 2.53. The Morgan fingerprint density at radius 2 is 0.688 bits per heavy atom. The van der Waals surface area contributed by atoms with Crippen LogP contribution in [-0.2, 0) is 10.8 Å². The Morgan fingerprint density at radius 1 is 0.281 bits per heavy atom. The summed E-state index contributed by atoms with van der Waals surface area (Å²) in [5.41, 5.74) is 21.9. The summed E-state index contributed by atoms with van der Waals surface area (Å²) in [5.74, 6) is 0. The SMILES string of the molecule is CC1(C)c2ccccc2-c2c(N(c3ccccc3)c3cc4c(c5ccccc35)-c3ccccc3C43c4ccccc4-c4c(N(c5ccccc5)c5ccccc5)cccc43)cccc21. The van der Waals surface area contributed by atoms with E-state index in [0.29, 0.717) is 0 Å². The van der Waals surface area contributed by atoms with Crippen molar-refractivity contribution in [2.45, 2.75) is 24.7 Å². The quantitative estimate of drug-likeness (QED) is 0.165. The largest absolute Gasteiger partial charge is 0.310 e. The first-order valence-electron chi connectivity index (χ1n) is 22.4. The molecule has 0 amide bonds. The number of fused-ring (bicyclic) bond motifs is 15. The molecular weight excluding hydrogens is 773 g/mol. The third-order valence-corrected chi connectivity index (χ3v) is 14.4. The highest BCUT2D eigenvalue weighted by Crippen LogP contribution is 2.67. The molecule has 0 fully saturated rings. The van der Waals surface area contributed by atoms with Gasteiger partial charge in [0.2, 0.25) is 0 Å². The Balaban J connectivity index is 1.15. The Kier molecular flexibility index (Phi) is 7.90. The third-order valence-electron chi connectivity index (χ3n) is 14.4. The molecule has 0 radical (unpaired) electrons. The molecule has 2 heteroatoms. The number of nitrogens with zero attached hydrogens (tertiary/aromatic N) is 2. The Labute approximate surface area is 375 Å². The number of benzene rings is 10. The molecule has 13 rings (SSSR count). The molecule has 1 spiro atoms. The Bertz CT molecular complexity index is 3440. The molecule has 0 saturated heterocycles. The van der Waals surface area contributed by atoms with Gasteiger partial charge in [-0.05, 0) is 116 Å². The zero-order valence-electron chi connectivity index (χ0n) is 35.8. The van der Waals surface area contributed by atoms with Crippen molar-refractivity contribution in [2.75, 3.05) is 9.80 Å². The van der Waals surface area contributed by atoms with Crippen LogP contribution in [0.5, 0.6) is 0 Å². The molecule has 0 heterocycles. The minimum atomic E-state index is -0.596. The molecule has 3 aliphatic rings. The maximum absolute atomic E-state index is 2.57. The molecule has 302 valence electrons. The predicted octanol–water partition coefficient (Wildman–Crippen LogP) is 16.4. The molecule has 0 aliphatic heterocycles. The smallest absolute Gasteiger partial charge is 0.0727 e. The topological polar surface area (TPSA) is 6.48 Å². The number of anilines is 6. The van der Waals surface area contributed by atoms with E-state index in [9.17, 15) is 0 Å². The summed E-state index contributed by atoms with van der Waals surface area (Å²) in [6.45, 7) is 4.75. The van der Waals surface area contributed by atoms with Crippen LogP contribution in [0.3, 0.4) is 0 Å². The van der Waals surface area contributed by atoms with Crippen LogP contribution in [0.2, 0.25) is 0 Å². The van der Waals surface area contributed by atoms with Crippen molar-refractivity contribution < 1.29 is 0 Å². The fourth-order valence-electron chi connectivity index (χ4n) is 11.9. The van der Waals surface area contributed by atoms with E-state index in [1.54, 1.807) is 0 Å². The van der Waals surface area contributed by atoms with E-state index in [-0.39, 0.29) is 5.41 Å². The van der Waals surface area contributed by atoms with Crippen molar-refractivity contribution in [3.05, 3.63) is 264 Å². The molecule has 3 aliphatic carbocycles. The summed E-state index contributed by atoms with van der Waals surface area (Å²) < 4.78 is 0. The van der Waals surface area contributed by atoms with Crippen LogP contribution in [0.15, 0.2) is 231 Å². The lowest BCUT2D eigenvalue weighted by Crippen LogP contribution is -2.26. The van der Waals surface area contributed by atoms with Gasteiger partial charge in [-0.1, -0.05) is 190 Å². The molecule has 0 aromatic heterocycles. The van der Waals surface area contributed by atoms with E-state index in [1.165, 1.54) is 94.6 Å². The van der Waals surface area contributed by atoms with Crippen LogP contribution in [0, 0.1) is 0 Å². The van der Waals surface area contributed by atoms with Gasteiger partial charge in [-0.25, -0.2) is 0 Å². The van der Waals surface area contributed by atoms with Gasteiger partial charge in [-0.3, -0.25) is 0 Å². The average molecular weight is 817 g/mol. The van der Waals surface area contributed by atoms with Crippen molar-refractivity contribution in [3.63, 3.8) is 0 Å². The second-order valence-electron chi connectivity index (χ2n) is 18.0. The van der Waals surface area contributed by atoms with Crippen LogP contribution in [-0.4, -0.2) is 0 Å². The van der Waals surface area contributed by atoms with Gasteiger partial charge in [0.1, 0.15) is 0 Å². The van der Waals surface area contributed by atoms with Crippen molar-refractivity contribution in [2.24, 2.45) is 0 Å². The van der Waals surface area contributed by atoms with Gasteiger partial charge in [0.25, 0.3) is 0 Å². The van der Waals surface area contributed by atoms with Crippen molar-refractivity contribution >= 4 is 44.9 Å². The second kappa shape index (κ2) is 13.8. The monoisotopic (exact) mass is 816 g/mol. The van der Waals surface area contributed by atoms with Crippen LogP contribution < -0.4 is 9.80 Å². The van der Waals surface area contributed by atoms with E-state index >= 15 is 0 Å². The van der Waals surface area contributed by atoms with Crippen LogP contribution in [0.4, 0.5) is 34.1 Å². The lowest BCUT2D eigenvalue weighted by molar-refractivity contribution is 0.660. The fourth-order valence-corrected chi connectivity index (χ4v) is 11.9. The highest BCUT2D eigenvalue weighted by molar-refractivity contribution is 6.13. The molecule has 1 atom stereocenters. The summed E-state index contributed by atoms with van der Waals surface area (Å²) >= 11 is 0. The van der Waals surface area contributed by atoms with Gasteiger partial charge < -0.3 is 9.80 Å². The molecule has 10 aromatic carbocycles. The Hall–Kier alpha value is -7.94. The molecule has 0 bridgehead atoms. The zero-order chi connectivity index (χ0) is 42.6. The first-order valence-corrected chi connectivity index (χ1v) is 22.4. The normalized spacial score (nSPS) is 15.5. The molecule has 64 heavy (non-hydrogen) atoms. The van der Waals surface area contributed by atoms with E-state index in [0.717, 1.165) is 17.1 Å². The van der Waals surface area contributed by atoms with E-state index in [4.69, 9.17) is 0 Å². The summed E-state index contributed by atoms with van der Waals surface area (Å²) in [6, 6.07) is 85.7. The highest BCUT2D eigenvalue weighted by atomic mass is 15.2. The van der Waals surface area contributed by atoms with E-state index in [2.05, 4.69) is 254 Å². The Morgan fingerprint density at radius 3 is 1.28 bits per heavy atom. The van der Waals surface area contributed by atoms with E-state index < -0.39 is 5.41 Å².